The third-order valence-electron chi connectivity index (χ3n) is 2.33. The molecule has 10 heteroatoms. The molecule has 0 aliphatic heterocycles. The summed E-state index contributed by atoms with van der Waals surface area (Å²) in [5.74, 6) is -2.87. The number of nitrogens with two attached hydrogens (primary N) is 1. The zero-order valence-electron chi connectivity index (χ0n) is 10.7. The molecule has 0 aliphatic carbocycles. The molecule has 0 aromatic heterocycles. The Bertz CT molecular complexity index is 614. The molecule has 0 heterocycles. The number of amides is 3. The number of imide groups is 1. The number of benzene rings is 1. The van der Waals surface area contributed by atoms with Gasteiger partial charge < -0.3 is 15.6 Å². The summed E-state index contributed by atoms with van der Waals surface area (Å²) in [7, 11) is 0. The number of carbonyl (C=O) groups is 3. The van der Waals surface area contributed by atoms with Crippen LogP contribution in [0.5, 0.6) is 5.75 Å². The van der Waals surface area contributed by atoms with Crippen LogP contribution in [0.25, 0.3) is 0 Å². The molecule has 0 saturated heterocycles. The molecule has 1 atom stereocenters. The van der Waals surface area contributed by atoms with Gasteiger partial charge in [0.15, 0.2) is 11.7 Å². The van der Waals surface area contributed by atoms with Gasteiger partial charge in [-0.1, -0.05) is 6.07 Å². The lowest BCUT2D eigenvalue weighted by molar-refractivity contribution is -0.385. The third kappa shape index (κ3) is 3.89. The Morgan fingerprint density at radius 1 is 1.43 bits per heavy atom. The summed E-state index contributed by atoms with van der Waals surface area (Å²) in [4.78, 5) is 43.0. The first-order valence-corrected chi connectivity index (χ1v) is 5.51. The van der Waals surface area contributed by atoms with Crippen molar-refractivity contribution in [2.24, 2.45) is 5.73 Å². The van der Waals surface area contributed by atoms with Crippen LogP contribution in [-0.2, 0) is 4.79 Å². The highest BCUT2D eigenvalue weighted by molar-refractivity contribution is 5.97. The zero-order valence-corrected chi connectivity index (χ0v) is 10.7. The molecule has 1 unspecified atom stereocenters. The molecule has 4 N–H and O–H groups in total. The molecule has 0 aliphatic rings. The van der Waals surface area contributed by atoms with E-state index in [1.165, 1.54) is 13.0 Å². The Kier molecular flexibility index (Phi) is 4.78. The second-order valence-corrected chi connectivity index (χ2v) is 3.83. The monoisotopic (exact) mass is 297 g/mol. The number of nitrogens with zero attached hydrogens (tertiary/aromatic N) is 1. The molecule has 1 rings (SSSR count). The van der Waals surface area contributed by atoms with Crippen LogP contribution in [0.4, 0.5) is 10.5 Å². The number of rotatable bonds is 5. The molecule has 3 amide bonds. The normalized spacial score (nSPS) is 11.3. The van der Waals surface area contributed by atoms with Gasteiger partial charge in [0, 0.05) is 6.07 Å². The molecule has 21 heavy (non-hydrogen) atoms. The van der Waals surface area contributed by atoms with Gasteiger partial charge in [0.1, 0.15) is 5.75 Å². The Labute approximate surface area is 117 Å². The molecule has 112 valence electrons. The Morgan fingerprint density at radius 3 is 2.52 bits per heavy atom. The SMILES string of the molecule is CC(Oc1cccc([N+](=O)[O-])c1C(=O)O)C(=O)NC(N)=O. The van der Waals surface area contributed by atoms with Gasteiger partial charge in [-0.2, -0.15) is 0 Å². The summed E-state index contributed by atoms with van der Waals surface area (Å²) in [6, 6.07) is 2.25. The highest BCUT2D eigenvalue weighted by atomic mass is 16.6. The van der Waals surface area contributed by atoms with E-state index in [-0.39, 0.29) is 5.75 Å². The van der Waals surface area contributed by atoms with Gasteiger partial charge in [0.2, 0.25) is 0 Å². The fraction of sp³-hybridized carbons (Fsp3) is 0.182. The van der Waals surface area contributed by atoms with Crippen molar-refractivity contribution in [2.75, 3.05) is 0 Å². The largest absolute Gasteiger partial charge is 0.480 e. The molecular weight excluding hydrogens is 286 g/mol. The summed E-state index contributed by atoms with van der Waals surface area (Å²) < 4.78 is 5.06. The van der Waals surface area contributed by atoms with E-state index in [0.29, 0.717) is 0 Å². The van der Waals surface area contributed by atoms with Gasteiger partial charge in [-0.25, -0.2) is 9.59 Å². The van der Waals surface area contributed by atoms with Crippen molar-refractivity contribution in [3.63, 3.8) is 0 Å². The van der Waals surface area contributed by atoms with Crippen LogP contribution in [0.3, 0.4) is 0 Å². The molecule has 1 aromatic rings. The van der Waals surface area contributed by atoms with Crippen molar-refractivity contribution in [2.45, 2.75) is 13.0 Å². The van der Waals surface area contributed by atoms with E-state index in [4.69, 9.17) is 15.6 Å². The van der Waals surface area contributed by atoms with Crippen LogP contribution >= 0.6 is 0 Å². The van der Waals surface area contributed by atoms with E-state index in [9.17, 15) is 24.5 Å². The van der Waals surface area contributed by atoms with Crippen LogP contribution < -0.4 is 15.8 Å². The number of carbonyl (C=O) groups excluding carboxylic acids is 2. The number of nitrogens with one attached hydrogen (secondary N) is 1. The third-order valence-corrected chi connectivity index (χ3v) is 2.33. The maximum Gasteiger partial charge on any atom is 0.346 e. The lowest BCUT2D eigenvalue weighted by Gasteiger charge is -2.14. The number of ether oxygens (including phenoxy) is 1. The summed E-state index contributed by atoms with van der Waals surface area (Å²) in [6.45, 7) is 1.22. The van der Waals surface area contributed by atoms with Crippen molar-refractivity contribution >= 4 is 23.6 Å². The summed E-state index contributed by atoms with van der Waals surface area (Å²) >= 11 is 0. The Hall–Kier alpha value is -3.17. The molecule has 0 radical (unpaired) electrons. The second-order valence-electron chi connectivity index (χ2n) is 3.83. The first-order valence-electron chi connectivity index (χ1n) is 5.51. The van der Waals surface area contributed by atoms with Crippen LogP contribution in [0.2, 0.25) is 0 Å². The number of carboxylic acids is 1. The Balaban J connectivity index is 3.11. The maximum atomic E-state index is 11.4. The van der Waals surface area contributed by atoms with Crippen molar-refractivity contribution in [3.05, 3.63) is 33.9 Å². The number of carboxylic acid groups (broad SMARTS) is 1. The average molecular weight is 297 g/mol. The van der Waals surface area contributed by atoms with E-state index in [1.54, 1.807) is 5.32 Å². The lowest BCUT2D eigenvalue weighted by Crippen LogP contribution is -2.42. The predicted molar refractivity (Wildman–Crippen MR) is 67.9 cm³/mol. The van der Waals surface area contributed by atoms with Gasteiger partial charge in [-0.05, 0) is 13.0 Å². The van der Waals surface area contributed by atoms with Crippen LogP contribution in [-0.4, -0.2) is 34.0 Å². The summed E-state index contributed by atoms with van der Waals surface area (Å²) in [6.07, 6.45) is -1.28. The van der Waals surface area contributed by atoms with Crippen molar-refractivity contribution in [1.82, 2.24) is 5.32 Å². The Morgan fingerprint density at radius 2 is 2.05 bits per heavy atom. The minimum Gasteiger partial charge on any atom is -0.480 e. The highest BCUT2D eigenvalue weighted by Gasteiger charge is 2.27. The predicted octanol–water partition coefficient (Wildman–Crippen LogP) is 0.255. The van der Waals surface area contributed by atoms with E-state index in [0.717, 1.165) is 12.1 Å². The number of aromatic carboxylic acids is 1. The number of hydrogen-bond donors (Lipinski definition) is 3. The fourth-order valence-electron chi connectivity index (χ4n) is 1.45. The topological polar surface area (TPSA) is 162 Å². The van der Waals surface area contributed by atoms with E-state index < -0.39 is 40.2 Å². The zero-order chi connectivity index (χ0) is 16.2. The van der Waals surface area contributed by atoms with E-state index in [1.807, 2.05) is 0 Å². The number of nitro benzene ring substituents is 1. The van der Waals surface area contributed by atoms with Crippen molar-refractivity contribution in [3.8, 4) is 5.75 Å². The fourth-order valence-corrected chi connectivity index (χ4v) is 1.45. The number of nitro groups is 1. The molecule has 0 fully saturated rings. The average Bonchev–Trinajstić information content (AvgIpc) is 2.37. The number of primary amides is 1. The van der Waals surface area contributed by atoms with Crippen LogP contribution in [0.1, 0.15) is 17.3 Å². The smallest absolute Gasteiger partial charge is 0.346 e. The quantitative estimate of drug-likeness (QED) is 0.518. The van der Waals surface area contributed by atoms with Gasteiger partial charge in [0.25, 0.3) is 11.6 Å². The number of urea groups is 1. The van der Waals surface area contributed by atoms with Gasteiger partial charge >= 0.3 is 12.0 Å². The molecule has 1 aromatic carbocycles. The van der Waals surface area contributed by atoms with Gasteiger partial charge in [-0.3, -0.25) is 20.2 Å². The van der Waals surface area contributed by atoms with Gasteiger partial charge in [-0.15, -0.1) is 0 Å². The second kappa shape index (κ2) is 6.32. The highest BCUT2D eigenvalue weighted by Crippen LogP contribution is 2.29. The van der Waals surface area contributed by atoms with Crippen LogP contribution in [0, 0.1) is 10.1 Å². The first kappa shape index (κ1) is 15.9. The first-order chi connectivity index (χ1) is 9.73. The molecule has 10 nitrogen and oxygen atoms in total. The van der Waals surface area contributed by atoms with Crippen LogP contribution in [0.15, 0.2) is 18.2 Å². The number of hydrogen-bond acceptors (Lipinski definition) is 6. The summed E-state index contributed by atoms with van der Waals surface area (Å²) in [5, 5.41) is 21.6. The minimum absolute atomic E-state index is 0.371. The van der Waals surface area contributed by atoms with E-state index >= 15 is 0 Å². The van der Waals surface area contributed by atoms with E-state index in [2.05, 4.69) is 0 Å². The maximum absolute atomic E-state index is 11.4. The lowest BCUT2D eigenvalue weighted by atomic mass is 10.1. The molecular formula is C11H11N3O7. The summed E-state index contributed by atoms with van der Waals surface area (Å²) in [5.41, 5.74) is 3.39. The van der Waals surface area contributed by atoms with Gasteiger partial charge in [0.05, 0.1) is 4.92 Å². The molecule has 0 spiro atoms. The van der Waals surface area contributed by atoms with Crippen molar-refractivity contribution < 1.29 is 29.2 Å². The molecule has 0 saturated carbocycles. The molecule has 0 bridgehead atoms. The standard InChI is InChI=1S/C11H11N3O7/c1-5(9(15)13-11(12)18)21-7-4-2-3-6(14(19)20)8(7)10(16)17/h2-5H,1H3,(H,16,17)(H3,12,13,15,18). The minimum atomic E-state index is -1.58. The van der Waals surface area contributed by atoms with Crippen molar-refractivity contribution in [1.29, 1.82) is 0 Å².